The molecule has 1 N–H and O–H groups in total. The van der Waals surface area contributed by atoms with Crippen LogP contribution in [-0.4, -0.2) is 33.9 Å². The number of amides is 1. The summed E-state index contributed by atoms with van der Waals surface area (Å²) in [5.74, 6) is 1.39. The van der Waals surface area contributed by atoms with Gasteiger partial charge in [-0.2, -0.15) is 0 Å². The van der Waals surface area contributed by atoms with Gasteiger partial charge in [0.05, 0.1) is 12.0 Å². The lowest BCUT2D eigenvalue weighted by molar-refractivity contribution is -0.121. The number of aromatic nitrogens is 3. The molecule has 1 aromatic rings. The summed E-state index contributed by atoms with van der Waals surface area (Å²) in [7, 11) is 0. The standard InChI is InChI=1S/C15H25N5O/c1-7-9-15(4,5)20-11(3)18-19-14(20)12(16-6)10-13(21)17-8-2/h7,9,12H,6,8,10H2,1-5H3,(H,17,21)/b9-7-/t12-/m0/s1. The minimum absolute atomic E-state index is 0.0639. The monoisotopic (exact) mass is 291 g/mol. The minimum atomic E-state index is -0.401. The van der Waals surface area contributed by atoms with Crippen molar-refractivity contribution >= 4 is 12.6 Å². The van der Waals surface area contributed by atoms with Crippen LogP contribution in [0.1, 0.15) is 51.8 Å². The molecule has 116 valence electrons. The molecule has 1 atom stereocenters. The van der Waals surface area contributed by atoms with E-state index in [-0.39, 0.29) is 17.9 Å². The molecule has 0 aliphatic heterocycles. The summed E-state index contributed by atoms with van der Waals surface area (Å²) in [6.45, 7) is 14.1. The number of hydrogen-bond acceptors (Lipinski definition) is 4. The number of nitrogens with one attached hydrogen (secondary N) is 1. The number of rotatable bonds is 7. The fourth-order valence-electron chi connectivity index (χ4n) is 2.47. The Morgan fingerprint density at radius 3 is 2.71 bits per heavy atom. The Morgan fingerprint density at radius 2 is 2.19 bits per heavy atom. The van der Waals surface area contributed by atoms with E-state index < -0.39 is 6.04 Å². The topological polar surface area (TPSA) is 72.2 Å². The number of aryl methyl sites for hydroxylation is 1. The first kappa shape index (κ1) is 17.1. The van der Waals surface area contributed by atoms with E-state index in [1.807, 2.05) is 31.4 Å². The van der Waals surface area contributed by atoms with Crippen molar-refractivity contribution in [3.05, 3.63) is 23.8 Å². The lowest BCUT2D eigenvalue weighted by Crippen LogP contribution is -2.30. The van der Waals surface area contributed by atoms with Gasteiger partial charge in [0.1, 0.15) is 11.9 Å². The summed E-state index contributed by atoms with van der Waals surface area (Å²) in [4.78, 5) is 15.9. The third-order valence-corrected chi connectivity index (χ3v) is 3.27. The van der Waals surface area contributed by atoms with Crippen LogP contribution in [0.25, 0.3) is 0 Å². The molecule has 1 heterocycles. The van der Waals surface area contributed by atoms with Crippen LogP contribution in [0.4, 0.5) is 0 Å². The van der Waals surface area contributed by atoms with Crippen LogP contribution in [-0.2, 0) is 10.3 Å². The lowest BCUT2D eigenvalue weighted by Gasteiger charge is -2.27. The fraction of sp³-hybridized carbons (Fsp3) is 0.600. The molecule has 1 amide bonds. The van der Waals surface area contributed by atoms with Crippen LogP contribution in [0.3, 0.4) is 0 Å². The largest absolute Gasteiger partial charge is 0.356 e. The molecule has 0 fully saturated rings. The number of hydrogen-bond donors (Lipinski definition) is 1. The van der Waals surface area contributed by atoms with Gasteiger partial charge in [-0.15, -0.1) is 10.2 Å². The zero-order valence-electron chi connectivity index (χ0n) is 13.6. The predicted molar refractivity (Wildman–Crippen MR) is 84.5 cm³/mol. The molecule has 0 saturated heterocycles. The average Bonchev–Trinajstić information content (AvgIpc) is 2.79. The number of aliphatic imine (C=N–C) groups is 1. The Morgan fingerprint density at radius 1 is 1.52 bits per heavy atom. The van der Waals surface area contributed by atoms with Crippen LogP contribution < -0.4 is 5.32 Å². The molecule has 0 aliphatic rings. The summed E-state index contributed by atoms with van der Waals surface area (Å²) < 4.78 is 2.01. The summed E-state index contributed by atoms with van der Waals surface area (Å²) in [5.41, 5.74) is -0.290. The number of allylic oxidation sites excluding steroid dienone is 2. The van der Waals surface area contributed by atoms with Gasteiger partial charge in [-0.3, -0.25) is 9.79 Å². The highest BCUT2D eigenvalue weighted by molar-refractivity contribution is 5.76. The first-order chi connectivity index (χ1) is 9.87. The molecule has 0 radical (unpaired) electrons. The van der Waals surface area contributed by atoms with Crippen LogP contribution in [0.2, 0.25) is 0 Å². The number of carbonyl (C=O) groups is 1. The first-order valence-corrected chi connectivity index (χ1v) is 7.16. The molecule has 0 spiro atoms. The van der Waals surface area contributed by atoms with E-state index in [9.17, 15) is 4.79 Å². The zero-order chi connectivity index (χ0) is 16.0. The van der Waals surface area contributed by atoms with Crippen molar-refractivity contribution < 1.29 is 4.79 Å². The molecule has 6 nitrogen and oxygen atoms in total. The Kier molecular flexibility index (Phi) is 5.81. The van der Waals surface area contributed by atoms with Crippen LogP contribution in [0, 0.1) is 6.92 Å². The zero-order valence-corrected chi connectivity index (χ0v) is 13.6. The Bertz CT molecular complexity index is 530. The van der Waals surface area contributed by atoms with Gasteiger partial charge in [0.2, 0.25) is 5.91 Å². The Labute approximate surface area is 126 Å². The van der Waals surface area contributed by atoms with Gasteiger partial charge in [0, 0.05) is 6.54 Å². The second-order valence-corrected chi connectivity index (χ2v) is 5.45. The van der Waals surface area contributed by atoms with E-state index in [1.54, 1.807) is 0 Å². The third-order valence-electron chi connectivity index (χ3n) is 3.27. The average molecular weight is 291 g/mol. The minimum Gasteiger partial charge on any atom is -0.356 e. The van der Waals surface area contributed by atoms with Gasteiger partial charge in [-0.05, 0) is 41.3 Å². The SMILES string of the molecule is C=N[C@@H](CC(=O)NCC)c1nnc(C)n1C(C)(C)/C=C\C. The summed E-state index contributed by atoms with van der Waals surface area (Å²) in [5, 5.41) is 11.1. The Balaban J connectivity index is 3.17. The highest BCUT2D eigenvalue weighted by atomic mass is 16.1. The van der Waals surface area contributed by atoms with E-state index in [4.69, 9.17) is 0 Å². The first-order valence-electron chi connectivity index (χ1n) is 7.16. The molecule has 6 heteroatoms. The maximum Gasteiger partial charge on any atom is 0.222 e. The van der Waals surface area contributed by atoms with Crippen molar-refractivity contribution in [2.75, 3.05) is 6.54 Å². The maximum atomic E-state index is 11.8. The summed E-state index contributed by atoms with van der Waals surface area (Å²) in [6.07, 6.45) is 4.28. The molecular formula is C15H25N5O. The molecule has 1 aromatic heterocycles. The van der Waals surface area contributed by atoms with Crippen LogP contribution in [0.15, 0.2) is 17.1 Å². The summed E-state index contributed by atoms with van der Waals surface area (Å²) in [6, 6.07) is -0.401. The smallest absolute Gasteiger partial charge is 0.222 e. The van der Waals surface area contributed by atoms with Crippen molar-refractivity contribution in [2.24, 2.45) is 4.99 Å². The molecule has 21 heavy (non-hydrogen) atoms. The van der Waals surface area contributed by atoms with E-state index in [0.717, 1.165) is 5.82 Å². The van der Waals surface area contributed by atoms with Gasteiger partial charge in [-0.1, -0.05) is 12.2 Å². The lowest BCUT2D eigenvalue weighted by atomic mass is 10.0. The van der Waals surface area contributed by atoms with Crippen molar-refractivity contribution in [2.45, 2.75) is 52.6 Å². The van der Waals surface area contributed by atoms with Gasteiger partial charge < -0.3 is 9.88 Å². The second-order valence-electron chi connectivity index (χ2n) is 5.45. The second kappa shape index (κ2) is 7.15. The van der Waals surface area contributed by atoms with E-state index in [1.165, 1.54) is 0 Å². The van der Waals surface area contributed by atoms with E-state index in [2.05, 4.69) is 47.1 Å². The van der Waals surface area contributed by atoms with Crippen molar-refractivity contribution in [1.82, 2.24) is 20.1 Å². The highest BCUT2D eigenvalue weighted by Crippen LogP contribution is 2.27. The van der Waals surface area contributed by atoms with Gasteiger partial charge in [-0.25, -0.2) is 0 Å². The van der Waals surface area contributed by atoms with E-state index in [0.29, 0.717) is 12.4 Å². The molecule has 0 aliphatic carbocycles. The highest BCUT2D eigenvalue weighted by Gasteiger charge is 2.28. The van der Waals surface area contributed by atoms with Gasteiger partial charge in [0.25, 0.3) is 0 Å². The van der Waals surface area contributed by atoms with Crippen LogP contribution >= 0.6 is 0 Å². The van der Waals surface area contributed by atoms with Crippen molar-refractivity contribution in [3.63, 3.8) is 0 Å². The number of carbonyl (C=O) groups excluding carboxylic acids is 1. The molecule has 1 rings (SSSR count). The molecule has 0 unspecified atom stereocenters. The third kappa shape index (κ3) is 4.00. The Hall–Kier alpha value is -1.98. The predicted octanol–water partition coefficient (Wildman–Crippen LogP) is 2.17. The quantitative estimate of drug-likeness (QED) is 0.618. The normalized spacial score (nSPS) is 13.4. The van der Waals surface area contributed by atoms with Gasteiger partial charge >= 0.3 is 0 Å². The molecular weight excluding hydrogens is 266 g/mol. The summed E-state index contributed by atoms with van der Waals surface area (Å²) >= 11 is 0. The van der Waals surface area contributed by atoms with Crippen LogP contribution in [0.5, 0.6) is 0 Å². The van der Waals surface area contributed by atoms with Crippen molar-refractivity contribution in [1.29, 1.82) is 0 Å². The number of nitrogens with zero attached hydrogens (tertiary/aromatic N) is 4. The van der Waals surface area contributed by atoms with Gasteiger partial charge in [0.15, 0.2) is 5.82 Å². The van der Waals surface area contributed by atoms with E-state index >= 15 is 0 Å². The maximum absolute atomic E-state index is 11.8. The molecule has 0 bridgehead atoms. The molecule has 0 aromatic carbocycles. The fourth-order valence-corrected chi connectivity index (χ4v) is 2.47. The molecule has 0 saturated carbocycles. The van der Waals surface area contributed by atoms with Crippen molar-refractivity contribution in [3.8, 4) is 0 Å².